The second kappa shape index (κ2) is 10.7. The van der Waals surface area contributed by atoms with Crippen molar-refractivity contribution in [3.63, 3.8) is 0 Å². The lowest BCUT2D eigenvalue weighted by Crippen LogP contribution is -2.47. The Morgan fingerprint density at radius 2 is 1.97 bits per heavy atom. The highest BCUT2D eigenvalue weighted by atomic mass is 35.5. The molecule has 1 aromatic rings. The van der Waals surface area contributed by atoms with Crippen molar-refractivity contribution in [3.8, 4) is 11.8 Å². The van der Waals surface area contributed by atoms with Crippen molar-refractivity contribution >= 4 is 23.2 Å². The molecule has 2 fully saturated rings. The van der Waals surface area contributed by atoms with E-state index in [0.717, 1.165) is 80.8 Å². The molecule has 2 aliphatic rings. The normalized spacial score (nSPS) is 22.7. The van der Waals surface area contributed by atoms with Gasteiger partial charge in [-0.15, -0.1) is 0 Å². The van der Waals surface area contributed by atoms with E-state index in [2.05, 4.69) is 15.1 Å². The summed E-state index contributed by atoms with van der Waals surface area (Å²) in [6, 6.07) is 7.95. The third-order valence-corrected chi connectivity index (χ3v) is 6.39. The predicted molar refractivity (Wildman–Crippen MR) is 115 cm³/mol. The molecule has 1 aliphatic carbocycles. The number of hydrogen-bond donors (Lipinski definition) is 1. The van der Waals surface area contributed by atoms with Crippen molar-refractivity contribution in [1.29, 1.82) is 5.26 Å². The zero-order valence-corrected chi connectivity index (χ0v) is 18.0. The molecule has 29 heavy (non-hydrogen) atoms. The molecule has 0 spiro atoms. The number of rotatable bonds is 7. The Labute approximate surface area is 178 Å². The van der Waals surface area contributed by atoms with Crippen molar-refractivity contribution in [2.45, 2.75) is 44.6 Å². The predicted octanol–water partition coefficient (Wildman–Crippen LogP) is 3.45. The molecule has 1 aromatic carbocycles. The fraction of sp³-hybridized carbons (Fsp3) is 0.636. The molecule has 3 rings (SSSR count). The highest BCUT2D eigenvalue weighted by molar-refractivity contribution is 6.30. The molecular formula is C22H31ClN4O2. The molecule has 158 valence electrons. The van der Waals surface area contributed by atoms with Gasteiger partial charge < -0.3 is 15.0 Å². The van der Waals surface area contributed by atoms with Crippen LogP contribution in [0.5, 0.6) is 5.75 Å². The summed E-state index contributed by atoms with van der Waals surface area (Å²) in [6.45, 7) is 5.20. The number of methoxy groups -OCH3 is 1. The van der Waals surface area contributed by atoms with Gasteiger partial charge in [0.05, 0.1) is 18.9 Å². The van der Waals surface area contributed by atoms with Crippen LogP contribution in [0.3, 0.4) is 0 Å². The third-order valence-electron chi connectivity index (χ3n) is 6.16. The summed E-state index contributed by atoms with van der Waals surface area (Å²) in [5.41, 5.74) is 1.08. The Bertz CT molecular complexity index is 720. The number of ether oxygens (including phenoxy) is 1. The van der Waals surface area contributed by atoms with Gasteiger partial charge in [-0.25, -0.2) is 0 Å². The minimum absolute atomic E-state index is 0.0348. The van der Waals surface area contributed by atoms with Crippen LogP contribution in [0.15, 0.2) is 18.2 Å². The number of nitriles is 1. The molecule has 0 unspecified atom stereocenters. The van der Waals surface area contributed by atoms with Crippen LogP contribution in [0.2, 0.25) is 5.02 Å². The molecule has 1 saturated carbocycles. The smallest absolute Gasteiger partial charge is 0.234 e. The van der Waals surface area contributed by atoms with Gasteiger partial charge in [-0.1, -0.05) is 11.6 Å². The summed E-state index contributed by atoms with van der Waals surface area (Å²) < 4.78 is 5.50. The van der Waals surface area contributed by atoms with E-state index in [-0.39, 0.29) is 18.4 Å². The molecule has 0 atom stereocenters. The first kappa shape index (κ1) is 21.7. The van der Waals surface area contributed by atoms with Crippen LogP contribution < -0.4 is 15.0 Å². The fourth-order valence-corrected chi connectivity index (χ4v) is 4.60. The maximum Gasteiger partial charge on any atom is 0.234 e. The molecule has 0 radical (unpaired) electrons. The number of nitrogens with zero attached hydrogens (tertiary/aromatic N) is 3. The second-order valence-electron chi connectivity index (χ2n) is 8.05. The van der Waals surface area contributed by atoms with Crippen LogP contribution in [-0.2, 0) is 4.79 Å². The van der Waals surface area contributed by atoms with Crippen molar-refractivity contribution in [2.75, 3.05) is 44.7 Å². The third kappa shape index (κ3) is 6.25. The first-order valence-electron chi connectivity index (χ1n) is 10.6. The van der Waals surface area contributed by atoms with E-state index in [1.165, 1.54) is 6.42 Å². The van der Waals surface area contributed by atoms with Crippen LogP contribution in [-0.4, -0.2) is 56.7 Å². The van der Waals surface area contributed by atoms with Gasteiger partial charge in [0.2, 0.25) is 5.91 Å². The minimum atomic E-state index is -0.134. The highest BCUT2D eigenvalue weighted by Crippen LogP contribution is 2.32. The Balaban J connectivity index is 1.37. The monoisotopic (exact) mass is 418 g/mol. The van der Waals surface area contributed by atoms with Gasteiger partial charge in [0.25, 0.3) is 0 Å². The molecule has 1 aliphatic heterocycles. The molecule has 1 heterocycles. The molecular weight excluding hydrogens is 388 g/mol. The number of carbonyl (C=O) groups excluding carboxylic acids is 1. The SMILES string of the molecule is COc1ccc(Cl)cc1N1CCN(CC[C@H]2CC[C@H](NC(=O)CC#N)CC2)CC1. The van der Waals surface area contributed by atoms with E-state index in [0.29, 0.717) is 0 Å². The lowest BCUT2D eigenvalue weighted by molar-refractivity contribution is -0.121. The fourth-order valence-electron chi connectivity index (χ4n) is 4.43. The Hall–Kier alpha value is -1.97. The minimum Gasteiger partial charge on any atom is -0.495 e. The van der Waals surface area contributed by atoms with E-state index in [4.69, 9.17) is 21.6 Å². The van der Waals surface area contributed by atoms with Gasteiger partial charge in [0, 0.05) is 37.2 Å². The highest BCUT2D eigenvalue weighted by Gasteiger charge is 2.24. The van der Waals surface area contributed by atoms with Gasteiger partial charge in [-0.05, 0) is 62.8 Å². The summed E-state index contributed by atoms with van der Waals surface area (Å²) in [5, 5.41) is 12.3. The maximum absolute atomic E-state index is 11.6. The number of amides is 1. The van der Waals surface area contributed by atoms with Crippen molar-refractivity contribution < 1.29 is 9.53 Å². The van der Waals surface area contributed by atoms with Crippen molar-refractivity contribution in [2.24, 2.45) is 5.92 Å². The summed E-state index contributed by atoms with van der Waals surface area (Å²) in [4.78, 5) is 16.5. The zero-order valence-electron chi connectivity index (χ0n) is 17.2. The molecule has 1 N–H and O–H groups in total. The molecule has 0 aromatic heterocycles. The Morgan fingerprint density at radius 3 is 2.62 bits per heavy atom. The molecule has 0 bridgehead atoms. The largest absolute Gasteiger partial charge is 0.495 e. The van der Waals surface area contributed by atoms with Gasteiger partial charge in [-0.3, -0.25) is 9.69 Å². The Kier molecular flexibility index (Phi) is 8.02. The summed E-state index contributed by atoms with van der Waals surface area (Å²) in [5.74, 6) is 1.48. The number of halogens is 1. The number of anilines is 1. The van der Waals surface area contributed by atoms with E-state index in [1.807, 2.05) is 24.3 Å². The average molecular weight is 419 g/mol. The van der Waals surface area contributed by atoms with Gasteiger partial charge in [-0.2, -0.15) is 5.26 Å². The lowest BCUT2D eigenvalue weighted by Gasteiger charge is -2.37. The van der Waals surface area contributed by atoms with Crippen molar-refractivity contribution in [1.82, 2.24) is 10.2 Å². The van der Waals surface area contributed by atoms with E-state index in [1.54, 1.807) is 7.11 Å². The number of nitrogens with one attached hydrogen (secondary N) is 1. The van der Waals surface area contributed by atoms with E-state index < -0.39 is 0 Å². The van der Waals surface area contributed by atoms with Crippen LogP contribution in [0.4, 0.5) is 5.69 Å². The maximum atomic E-state index is 11.6. The number of carbonyl (C=O) groups is 1. The standard InChI is InChI=1S/C22H31ClN4O2/c1-29-21-7-4-18(23)16-20(21)27-14-12-26(13-15-27)11-9-17-2-5-19(6-3-17)25-22(28)8-10-24/h4,7,16-17,19H,2-3,5-6,8-9,11-15H2,1H3,(H,25,28)/t17-,19-. The van der Waals surface area contributed by atoms with E-state index in [9.17, 15) is 4.79 Å². The van der Waals surface area contributed by atoms with Crippen LogP contribution >= 0.6 is 11.6 Å². The topological polar surface area (TPSA) is 68.6 Å². The van der Waals surface area contributed by atoms with Crippen LogP contribution in [0.25, 0.3) is 0 Å². The summed E-state index contributed by atoms with van der Waals surface area (Å²) in [6.07, 6.45) is 5.58. The van der Waals surface area contributed by atoms with Crippen LogP contribution in [0.1, 0.15) is 38.5 Å². The lowest BCUT2D eigenvalue weighted by atomic mass is 9.84. The number of piperazine rings is 1. The van der Waals surface area contributed by atoms with Gasteiger partial charge in [0.1, 0.15) is 12.2 Å². The zero-order chi connectivity index (χ0) is 20.6. The second-order valence-corrected chi connectivity index (χ2v) is 8.49. The molecule has 7 heteroatoms. The number of benzene rings is 1. The quantitative estimate of drug-likeness (QED) is 0.734. The molecule has 6 nitrogen and oxygen atoms in total. The average Bonchev–Trinajstić information content (AvgIpc) is 2.74. The van der Waals surface area contributed by atoms with E-state index >= 15 is 0 Å². The Morgan fingerprint density at radius 1 is 1.24 bits per heavy atom. The van der Waals surface area contributed by atoms with Gasteiger partial charge >= 0.3 is 0 Å². The first-order valence-corrected chi connectivity index (χ1v) is 10.9. The van der Waals surface area contributed by atoms with Crippen molar-refractivity contribution in [3.05, 3.63) is 23.2 Å². The number of hydrogen-bond acceptors (Lipinski definition) is 5. The summed E-state index contributed by atoms with van der Waals surface area (Å²) in [7, 11) is 1.70. The first-order chi connectivity index (χ1) is 14.1. The summed E-state index contributed by atoms with van der Waals surface area (Å²) >= 11 is 6.18. The molecule has 1 saturated heterocycles. The van der Waals surface area contributed by atoms with Gasteiger partial charge in [0.15, 0.2) is 0 Å². The molecule has 1 amide bonds. The van der Waals surface area contributed by atoms with Crippen LogP contribution in [0, 0.1) is 17.2 Å².